The molecule has 0 saturated heterocycles. The van der Waals surface area contributed by atoms with Gasteiger partial charge < -0.3 is 25.3 Å². The van der Waals surface area contributed by atoms with E-state index >= 15 is 0 Å². The number of aromatic nitrogens is 1. The quantitative estimate of drug-likeness (QED) is 0.218. The predicted molar refractivity (Wildman–Crippen MR) is 174 cm³/mol. The van der Waals surface area contributed by atoms with E-state index < -0.39 is 29.4 Å². The zero-order valence-electron chi connectivity index (χ0n) is 25.8. The van der Waals surface area contributed by atoms with Gasteiger partial charge in [0.1, 0.15) is 22.6 Å². The van der Waals surface area contributed by atoms with Crippen LogP contribution in [0.2, 0.25) is 8.67 Å². The fraction of sp³-hybridized carbons (Fsp3) is 0.531. The van der Waals surface area contributed by atoms with Gasteiger partial charge in [-0.15, -0.1) is 11.3 Å². The van der Waals surface area contributed by atoms with Crippen LogP contribution in [0.1, 0.15) is 76.1 Å². The highest BCUT2D eigenvalue weighted by Gasteiger charge is 2.71. The van der Waals surface area contributed by atoms with Gasteiger partial charge >= 0.3 is 5.97 Å². The van der Waals surface area contributed by atoms with Gasteiger partial charge in [0.05, 0.1) is 17.0 Å². The minimum atomic E-state index is -1.10. The van der Waals surface area contributed by atoms with Crippen LogP contribution < -0.4 is 21.5 Å². The van der Waals surface area contributed by atoms with Crippen LogP contribution in [0.4, 0.5) is 5.69 Å². The largest absolute Gasteiger partial charge is 0.466 e. The molecule has 2 aromatic rings. The standard InChI is InChI=1S/C32H38Cl2N4O6S/c1-29-14-30(2)17-32(16-29,18-31(30,3)15-29)37-23(39)13-38-11-7-9-21(28(38)43)36-27(42)20(8-5-6-10-24(40)44-4)35-26(41)19-12-22(33)45-25(19)34/h6-7,9-12,20H,5,8,13-18H2,1-4H3,(H,35,41)(H,36,42)(H,37,39)/b10-6+/t20-,29?,30?,31?,32?/m0/s1. The number of thiophene rings is 1. The van der Waals surface area contributed by atoms with Crippen LogP contribution >= 0.6 is 34.5 Å². The van der Waals surface area contributed by atoms with Crippen LogP contribution in [0.3, 0.4) is 0 Å². The average Bonchev–Trinajstić information content (AvgIpc) is 3.40. The molecule has 2 aromatic heterocycles. The van der Waals surface area contributed by atoms with Crippen LogP contribution in [-0.2, 0) is 25.7 Å². The topological polar surface area (TPSA) is 136 Å². The molecule has 4 aliphatic rings. The van der Waals surface area contributed by atoms with Crippen molar-refractivity contribution in [2.24, 2.45) is 16.2 Å². The van der Waals surface area contributed by atoms with Gasteiger partial charge in [-0.1, -0.05) is 50.0 Å². The van der Waals surface area contributed by atoms with Crippen LogP contribution in [-0.4, -0.2) is 46.9 Å². The van der Waals surface area contributed by atoms with Crippen molar-refractivity contribution < 1.29 is 23.9 Å². The van der Waals surface area contributed by atoms with Crippen molar-refractivity contribution in [2.45, 2.75) is 83.8 Å². The van der Waals surface area contributed by atoms with Gasteiger partial charge in [-0.2, -0.15) is 0 Å². The second-order valence-corrected chi connectivity index (χ2v) is 16.0. The number of rotatable bonds is 11. The number of esters is 1. The van der Waals surface area contributed by atoms with Gasteiger partial charge in [-0.05, 0) is 79.4 Å². The normalized spacial score (nSPS) is 28.7. The number of carbonyl (C=O) groups is 4. The lowest BCUT2D eigenvalue weighted by atomic mass is 9.64. The third kappa shape index (κ3) is 6.71. The minimum absolute atomic E-state index is 0.0400. The number of amides is 3. The zero-order chi connectivity index (χ0) is 32.8. The Labute approximate surface area is 275 Å². The Morgan fingerprint density at radius 1 is 1.09 bits per heavy atom. The van der Waals surface area contributed by atoms with Crippen molar-refractivity contribution in [1.82, 2.24) is 15.2 Å². The highest BCUT2D eigenvalue weighted by Crippen LogP contribution is 2.77. The summed E-state index contributed by atoms with van der Waals surface area (Å²) < 4.78 is 6.33. The number of pyridine rings is 1. The fourth-order valence-electron chi connectivity index (χ4n) is 8.66. The predicted octanol–water partition coefficient (Wildman–Crippen LogP) is 5.33. The molecule has 4 bridgehead atoms. The zero-order valence-corrected chi connectivity index (χ0v) is 28.1. The Morgan fingerprint density at radius 2 is 1.78 bits per heavy atom. The van der Waals surface area contributed by atoms with Crippen molar-refractivity contribution in [1.29, 1.82) is 0 Å². The highest BCUT2D eigenvalue weighted by molar-refractivity contribution is 7.20. The van der Waals surface area contributed by atoms with E-state index in [4.69, 9.17) is 23.2 Å². The van der Waals surface area contributed by atoms with Crippen LogP contribution in [0.25, 0.3) is 0 Å². The summed E-state index contributed by atoms with van der Waals surface area (Å²) >= 11 is 13.1. The van der Waals surface area contributed by atoms with E-state index in [0.717, 1.165) is 30.6 Å². The maximum atomic E-state index is 13.4. The fourth-order valence-corrected chi connectivity index (χ4v) is 10.1. The Kier molecular flexibility index (Phi) is 9.02. The molecule has 13 heteroatoms. The number of methoxy groups -OCH3 is 1. The summed E-state index contributed by atoms with van der Waals surface area (Å²) in [5.74, 6) is -2.07. The number of hydrogen-bond donors (Lipinski definition) is 3. The Balaban J connectivity index is 1.27. The van der Waals surface area contributed by atoms with Gasteiger partial charge in [-0.3, -0.25) is 19.2 Å². The highest BCUT2D eigenvalue weighted by atomic mass is 35.5. The van der Waals surface area contributed by atoms with E-state index in [9.17, 15) is 24.0 Å². The lowest BCUT2D eigenvalue weighted by Gasteiger charge is -2.46. The molecule has 2 unspecified atom stereocenters. The van der Waals surface area contributed by atoms with E-state index in [2.05, 4.69) is 41.5 Å². The minimum Gasteiger partial charge on any atom is -0.466 e. The molecule has 2 heterocycles. The Hall–Kier alpha value is -3.15. The number of nitrogens with zero attached hydrogens (tertiary/aromatic N) is 1. The number of halogens is 2. The van der Waals surface area contributed by atoms with Gasteiger partial charge in [0, 0.05) is 17.8 Å². The molecule has 3 N–H and O–H groups in total. The maximum absolute atomic E-state index is 13.4. The summed E-state index contributed by atoms with van der Waals surface area (Å²) in [6.45, 7) is 6.82. The third-order valence-corrected chi connectivity index (χ3v) is 11.4. The van der Waals surface area contributed by atoms with E-state index in [1.54, 1.807) is 6.07 Å². The molecule has 0 spiro atoms. The lowest BCUT2D eigenvalue weighted by molar-refractivity contribution is -0.134. The van der Waals surface area contributed by atoms with Gasteiger partial charge in [0.25, 0.3) is 11.5 Å². The van der Waals surface area contributed by atoms with E-state index in [1.807, 2.05) is 0 Å². The monoisotopic (exact) mass is 676 g/mol. The van der Waals surface area contributed by atoms with Gasteiger partial charge in [-0.25, -0.2) is 4.79 Å². The first-order chi connectivity index (χ1) is 21.1. The summed E-state index contributed by atoms with van der Waals surface area (Å²) in [6, 6.07) is 3.33. The van der Waals surface area contributed by atoms with Crippen LogP contribution in [0.15, 0.2) is 41.3 Å². The van der Waals surface area contributed by atoms with Crippen molar-refractivity contribution in [3.05, 3.63) is 61.1 Å². The summed E-state index contributed by atoms with van der Waals surface area (Å²) in [5.41, 5.74) is -0.165. The molecular weight excluding hydrogens is 639 g/mol. The van der Waals surface area contributed by atoms with E-state index in [-0.39, 0.29) is 62.7 Å². The average molecular weight is 678 g/mol. The van der Waals surface area contributed by atoms with Crippen LogP contribution in [0, 0.1) is 16.2 Å². The van der Waals surface area contributed by atoms with Crippen LogP contribution in [0.5, 0.6) is 0 Å². The molecule has 0 aliphatic heterocycles. The molecule has 0 aromatic carbocycles. The molecule has 4 saturated carbocycles. The molecule has 10 nitrogen and oxygen atoms in total. The lowest BCUT2D eigenvalue weighted by Crippen LogP contribution is -2.54. The first kappa shape index (κ1) is 33.2. The number of allylic oxidation sites excluding steroid dienone is 1. The van der Waals surface area contributed by atoms with Crippen molar-refractivity contribution >= 4 is 63.9 Å². The molecule has 4 fully saturated rings. The summed E-state index contributed by atoms with van der Waals surface area (Å²) in [4.78, 5) is 64.5. The van der Waals surface area contributed by atoms with Gasteiger partial charge in [0.2, 0.25) is 11.8 Å². The molecule has 45 heavy (non-hydrogen) atoms. The number of hydrogen-bond acceptors (Lipinski definition) is 7. The number of carbonyl (C=O) groups excluding carboxylic acids is 4. The molecular formula is C32H38Cl2N4O6S. The first-order valence-corrected chi connectivity index (χ1v) is 16.5. The van der Waals surface area contributed by atoms with E-state index in [1.165, 1.54) is 55.0 Å². The summed E-state index contributed by atoms with van der Waals surface area (Å²) in [6.07, 6.45) is 9.74. The number of nitrogens with one attached hydrogen (secondary N) is 3. The molecule has 4 aliphatic carbocycles. The molecule has 0 radical (unpaired) electrons. The molecule has 3 atom stereocenters. The van der Waals surface area contributed by atoms with E-state index in [0.29, 0.717) is 4.34 Å². The van der Waals surface area contributed by atoms with Gasteiger partial charge in [0.15, 0.2) is 0 Å². The number of anilines is 1. The van der Waals surface area contributed by atoms with Crippen molar-refractivity contribution in [2.75, 3.05) is 12.4 Å². The second-order valence-electron chi connectivity index (χ2n) is 13.8. The first-order valence-electron chi connectivity index (χ1n) is 14.9. The SMILES string of the molecule is COC(=O)/C=C/CC[C@H](NC(=O)c1cc(Cl)sc1Cl)C(=O)Nc1cccn(CC(=O)NC23CC4(C)CC(C)(C2)C(C)(C4)C3)c1=O. The summed E-state index contributed by atoms with van der Waals surface area (Å²) in [7, 11) is 1.25. The maximum Gasteiger partial charge on any atom is 0.330 e. The Bertz CT molecular complexity index is 1620. The number of ether oxygens (including phenoxy) is 1. The smallest absolute Gasteiger partial charge is 0.330 e. The Morgan fingerprint density at radius 3 is 2.38 bits per heavy atom. The molecule has 242 valence electrons. The van der Waals surface area contributed by atoms with Crippen molar-refractivity contribution in [3.63, 3.8) is 0 Å². The summed E-state index contributed by atoms with van der Waals surface area (Å²) in [5, 5.41) is 8.55. The second kappa shape index (κ2) is 12.2. The third-order valence-electron chi connectivity index (χ3n) is 9.91. The van der Waals surface area contributed by atoms with Crippen molar-refractivity contribution in [3.8, 4) is 0 Å². The molecule has 3 amide bonds. The molecule has 6 rings (SSSR count).